The predicted molar refractivity (Wildman–Crippen MR) is 69.0 cm³/mol. The first-order valence-electron chi connectivity index (χ1n) is 6.82. The van der Waals surface area contributed by atoms with Crippen LogP contribution >= 0.6 is 0 Å². The van der Waals surface area contributed by atoms with Crippen molar-refractivity contribution in [3.05, 3.63) is 0 Å². The zero-order valence-electron chi connectivity index (χ0n) is 11.1. The zero-order valence-corrected chi connectivity index (χ0v) is 11.1. The van der Waals surface area contributed by atoms with Crippen LogP contribution in [-0.2, 0) is 0 Å². The maximum atomic E-state index is 11.8. The summed E-state index contributed by atoms with van der Waals surface area (Å²) in [6, 6.07) is 0.107. The molecule has 0 spiro atoms. The molecule has 4 nitrogen and oxygen atoms in total. The molecule has 1 aliphatic carbocycles. The third-order valence-electron chi connectivity index (χ3n) is 3.96. The third kappa shape index (κ3) is 4.19. The molecule has 17 heavy (non-hydrogen) atoms. The lowest BCUT2D eigenvalue weighted by molar-refractivity contribution is 0.170. The van der Waals surface area contributed by atoms with Gasteiger partial charge in [-0.3, -0.25) is 0 Å². The van der Waals surface area contributed by atoms with Gasteiger partial charge in [-0.05, 0) is 57.7 Å². The van der Waals surface area contributed by atoms with Gasteiger partial charge in [0.1, 0.15) is 0 Å². The largest absolute Gasteiger partial charge is 0.338 e. The average Bonchev–Trinajstić information content (AvgIpc) is 3.13. The van der Waals surface area contributed by atoms with Crippen molar-refractivity contribution in [1.29, 1.82) is 0 Å². The number of amides is 2. The summed E-state index contributed by atoms with van der Waals surface area (Å²) in [4.78, 5) is 16.0. The molecule has 1 saturated carbocycles. The highest BCUT2D eigenvalue weighted by Gasteiger charge is 2.23. The van der Waals surface area contributed by atoms with E-state index in [2.05, 4.69) is 17.3 Å². The Morgan fingerprint density at radius 3 is 2.47 bits per heavy atom. The fraction of sp³-hybridized carbons (Fsp3) is 0.923. The van der Waals surface area contributed by atoms with Crippen molar-refractivity contribution in [2.45, 2.75) is 25.7 Å². The summed E-state index contributed by atoms with van der Waals surface area (Å²) < 4.78 is 0. The van der Waals surface area contributed by atoms with Gasteiger partial charge in [0.25, 0.3) is 0 Å². The second-order valence-electron chi connectivity index (χ2n) is 5.76. The monoisotopic (exact) mass is 239 g/mol. The highest BCUT2D eigenvalue weighted by molar-refractivity contribution is 5.73. The number of hydrogen-bond donors (Lipinski definition) is 1. The molecule has 0 unspecified atom stereocenters. The number of urea groups is 1. The lowest BCUT2D eigenvalue weighted by Gasteiger charge is -2.31. The maximum Gasteiger partial charge on any atom is 0.317 e. The van der Waals surface area contributed by atoms with Crippen LogP contribution in [0.1, 0.15) is 25.7 Å². The summed E-state index contributed by atoms with van der Waals surface area (Å²) in [7, 11) is 4.09. The van der Waals surface area contributed by atoms with Crippen molar-refractivity contribution in [1.82, 2.24) is 15.1 Å². The number of nitrogens with zero attached hydrogens (tertiary/aromatic N) is 2. The summed E-state index contributed by atoms with van der Waals surface area (Å²) in [5, 5.41) is 3.02. The Morgan fingerprint density at radius 1 is 1.24 bits per heavy atom. The average molecular weight is 239 g/mol. The van der Waals surface area contributed by atoms with Gasteiger partial charge >= 0.3 is 6.03 Å². The molecule has 2 rings (SSSR count). The van der Waals surface area contributed by atoms with Crippen molar-refractivity contribution < 1.29 is 4.79 Å². The van der Waals surface area contributed by atoms with Crippen LogP contribution in [0.3, 0.4) is 0 Å². The van der Waals surface area contributed by atoms with E-state index in [0.717, 1.165) is 19.0 Å². The van der Waals surface area contributed by atoms with Crippen molar-refractivity contribution in [2.75, 3.05) is 40.3 Å². The standard InChI is InChI=1S/C13H25N3O/c1-15-7-5-12(6-8-15)10-16(2)13(17)14-9-11-3-4-11/h11-12H,3-10H2,1-2H3,(H,14,17). The van der Waals surface area contributed by atoms with Gasteiger partial charge in [0.15, 0.2) is 0 Å². The molecule has 2 fully saturated rings. The maximum absolute atomic E-state index is 11.8. The Hall–Kier alpha value is -0.770. The summed E-state index contributed by atoms with van der Waals surface area (Å²) in [5.41, 5.74) is 0. The highest BCUT2D eigenvalue weighted by Crippen LogP contribution is 2.27. The number of carbonyl (C=O) groups excluding carboxylic acids is 1. The molecule has 0 radical (unpaired) electrons. The first kappa shape index (κ1) is 12.7. The number of likely N-dealkylation sites (tertiary alicyclic amines) is 1. The Morgan fingerprint density at radius 2 is 1.88 bits per heavy atom. The van der Waals surface area contributed by atoms with Crippen LogP contribution in [-0.4, -0.2) is 56.1 Å². The van der Waals surface area contributed by atoms with Crippen LogP contribution in [0.5, 0.6) is 0 Å². The van der Waals surface area contributed by atoms with E-state index < -0.39 is 0 Å². The molecule has 0 aromatic heterocycles. The van der Waals surface area contributed by atoms with Crippen LogP contribution in [0.4, 0.5) is 4.79 Å². The number of carbonyl (C=O) groups is 1. The van der Waals surface area contributed by atoms with Gasteiger partial charge < -0.3 is 15.1 Å². The normalized spacial score (nSPS) is 22.5. The molecule has 1 saturated heterocycles. The summed E-state index contributed by atoms with van der Waals surface area (Å²) in [5.74, 6) is 1.44. The Labute approximate surface area is 104 Å². The molecule has 0 aromatic carbocycles. The van der Waals surface area contributed by atoms with E-state index >= 15 is 0 Å². The Bertz CT molecular complexity index is 257. The number of nitrogens with one attached hydrogen (secondary N) is 1. The van der Waals surface area contributed by atoms with Gasteiger partial charge in [-0.25, -0.2) is 4.79 Å². The Kier molecular flexibility index (Phi) is 4.26. The number of rotatable bonds is 4. The number of piperidine rings is 1. The summed E-state index contributed by atoms with van der Waals surface area (Å²) in [6.07, 6.45) is 5.02. The lowest BCUT2D eigenvalue weighted by Crippen LogP contribution is -2.42. The Balaban J connectivity index is 1.64. The molecule has 2 amide bonds. The van der Waals surface area contributed by atoms with Gasteiger partial charge in [0.05, 0.1) is 0 Å². The van der Waals surface area contributed by atoms with Gasteiger partial charge in [-0.2, -0.15) is 0 Å². The molecule has 0 aromatic rings. The van der Waals surface area contributed by atoms with Crippen LogP contribution in [0, 0.1) is 11.8 Å². The molecule has 0 bridgehead atoms. The van der Waals surface area contributed by atoms with E-state index in [1.165, 1.54) is 38.8 Å². The van der Waals surface area contributed by atoms with Gasteiger partial charge in [0.2, 0.25) is 0 Å². The first-order chi connectivity index (χ1) is 8.15. The second-order valence-corrected chi connectivity index (χ2v) is 5.76. The van der Waals surface area contributed by atoms with Crippen LogP contribution in [0.15, 0.2) is 0 Å². The molecular formula is C13H25N3O. The molecule has 4 heteroatoms. The molecule has 98 valence electrons. The van der Waals surface area contributed by atoms with Gasteiger partial charge in [-0.15, -0.1) is 0 Å². The molecule has 1 heterocycles. The van der Waals surface area contributed by atoms with Crippen molar-refractivity contribution in [3.63, 3.8) is 0 Å². The third-order valence-corrected chi connectivity index (χ3v) is 3.96. The zero-order chi connectivity index (χ0) is 12.3. The van der Waals surface area contributed by atoms with Crippen molar-refractivity contribution in [3.8, 4) is 0 Å². The highest BCUT2D eigenvalue weighted by atomic mass is 16.2. The van der Waals surface area contributed by atoms with Crippen LogP contribution < -0.4 is 5.32 Å². The second kappa shape index (κ2) is 5.71. The number of hydrogen-bond acceptors (Lipinski definition) is 2. The SMILES string of the molecule is CN1CCC(CN(C)C(=O)NCC2CC2)CC1. The van der Waals surface area contributed by atoms with E-state index in [-0.39, 0.29) is 6.03 Å². The molecular weight excluding hydrogens is 214 g/mol. The topological polar surface area (TPSA) is 35.6 Å². The molecule has 1 N–H and O–H groups in total. The summed E-state index contributed by atoms with van der Waals surface area (Å²) in [6.45, 7) is 4.12. The minimum absolute atomic E-state index is 0.107. The minimum Gasteiger partial charge on any atom is -0.338 e. The van der Waals surface area contributed by atoms with E-state index in [1.54, 1.807) is 0 Å². The van der Waals surface area contributed by atoms with E-state index in [9.17, 15) is 4.79 Å². The smallest absolute Gasteiger partial charge is 0.317 e. The van der Waals surface area contributed by atoms with E-state index in [0.29, 0.717) is 5.92 Å². The van der Waals surface area contributed by atoms with E-state index in [4.69, 9.17) is 0 Å². The fourth-order valence-corrected chi connectivity index (χ4v) is 2.40. The molecule has 2 aliphatic rings. The van der Waals surface area contributed by atoms with Gasteiger partial charge in [-0.1, -0.05) is 0 Å². The van der Waals surface area contributed by atoms with Gasteiger partial charge in [0, 0.05) is 20.1 Å². The van der Waals surface area contributed by atoms with E-state index in [1.807, 2.05) is 11.9 Å². The quantitative estimate of drug-likeness (QED) is 0.804. The predicted octanol–water partition coefficient (Wildman–Crippen LogP) is 1.38. The van der Waals surface area contributed by atoms with Crippen molar-refractivity contribution in [2.24, 2.45) is 11.8 Å². The molecule has 1 aliphatic heterocycles. The fourth-order valence-electron chi connectivity index (χ4n) is 2.40. The first-order valence-corrected chi connectivity index (χ1v) is 6.82. The summed E-state index contributed by atoms with van der Waals surface area (Å²) >= 11 is 0. The van der Waals surface area contributed by atoms with Crippen LogP contribution in [0.25, 0.3) is 0 Å². The van der Waals surface area contributed by atoms with Crippen molar-refractivity contribution >= 4 is 6.03 Å². The minimum atomic E-state index is 0.107. The van der Waals surface area contributed by atoms with Crippen LogP contribution in [0.2, 0.25) is 0 Å². The molecule has 0 atom stereocenters. The lowest BCUT2D eigenvalue weighted by atomic mass is 9.97.